The van der Waals surface area contributed by atoms with Crippen LogP contribution in [0.1, 0.15) is 36.8 Å². The number of hydrogen-bond donors (Lipinski definition) is 2. The maximum Gasteiger partial charge on any atom is 0.321 e. The molecule has 1 aliphatic rings. The number of carbonyl (C=O) groups excluding carboxylic acids is 2. The van der Waals surface area contributed by atoms with E-state index in [1.165, 1.54) is 5.56 Å². The van der Waals surface area contributed by atoms with Gasteiger partial charge in [0.15, 0.2) is 0 Å². The molecule has 29 heavy (non-hydrogen) atoms. The Morgan fingerprint density at radius 2 is 1.83 bits per heavy atom. The number of nitrogens with one attached hydrogen (secondary N) is 2. The van der Waals surface area contributed by atoms with Crippen LogP contribution in [0.3, 0.4) is 0 Å². The van der Waals surface area contributed by atoms with Gasteiger partial charge >= 0.3 is 6.03 Å². The zero-order chi connectivity index (χ0) is 20.6. The third-order valence-corrected chi connectivity index (χ3v) is 5.54. The summed E-state index contributed by atoms with van der Waals surface area (Å²) in [6.07, 6.45) is 3.30. The van der Waals surface area contributed by atoms with Crippen molar-refractivity contribution < 1.29 is 9.59 Å². The van der Waals surface area contributed by atoms with Crippen molar-refractivity contribution in [1.82, 2.24) is 10.2 Å². The summed E-state index contributed by atoms with van der Waals surface area (Å²) >= 11 is 5.88. The van der Waals surface area contributed by atoms with E-state index >= 15 is 0 Å². The molecule has 3 amide bonds. The number of anilines is 1. The fraction of sp³-hybridized carbons (Fsp3) is 0.391. The number of likely N-dealkylation sites (tertiary alicyclic amines) is 1. The van der Waals surface area contributed by atoms with Gasteiger partial charge in [0.05, 0.1) is 0 Å². The standard InChI is InChI=1S/C23H28ClN3O2/c1-17-4-6-18(7-5-17)15-25-22(28)13-8-19-3-2-14-27(16-19)23(29)26-21-11-9-20(24)10-12-21/h4-7,9-12,19H,2-3,8,13-16H2,1H3,(H,25,28)(H,26,29)/t19-/m0/s1. The van der Waals surface area contributed by atoms with Gasteiger partial charge in [0.1, 0.15) is 0 Å². The number of nitrogens with zero attached hydrogens (tertiary/aromatic N) is 1. The van der Waals surface area contributed by atoms with Crippen LogP contribution >= 0.6 is 11.6 Å². The summed E-state index contributed by atoms with van der Waals surface area (Å²) in [5.41, 5.74) is 3.05. The molecule has 3 rings (SSSR count). The molecule has 0 aliphatic carbocycles. The summed E-state index contributed by atoms with van der Waals surface area (Å²) in [7, 11) is 0. The van der Waals surface area contributed by atoms with E-state index in [0.717, 1.165) is 37.1 Å². The number of piperidine rings is 1. The molecule has 2 aromatic carbocycles. The number of carbonyl (C=O) groups is 2. The number of aryl methyl sites for hydroxylation is 1. The highest BCUT2D eigenvalue weighted by atomic mass is 35.5. The molecule has 0 aromatic heterocycles. The molecule has 1 fully saturated rings. The van der Waals surface area contributed by atoms with E-state index in [-0.39, 0.29) is 11.9 Å². The van der Waals surface area contributed by atoms with Gasteiger partial charge in [-0.1, -0.05) is 41.4 Å². The first-order valence-electron chi connectivity index (χ1n) is 10.1. The monoisotopic (exact) mass is 413 g/mol. The van der Waals surface area contributed by atoms with Gasteiger partial charge in [0.2, 0.25) is 5.91 Å². The minimum absolute atomic E-state index is 0.0633. The van der Waals surface area contributed by atoms with Crippen molar-refractivity contribution in [2.45, 2.75) is 39.2 Å². The first-order valence-corrected chi connectivity index (χ1v) is 10.5. The highest BCUT2D eigenvalue weighted by Crippen LogP contribution is 2.22. The quantitative estimate of drug-likeness (QED) is 0.700. The van der Waals surface area contributed by atoms with Crippen molar-refractivity contribution in [2.75, 3.05) is 18.4 Å². The molecular formula is C23H28ClN3O2. The predicted molar refractivity (Wildman–Crippen MR) is 117 cm³/mol. The molecule has 1 aliphatic heterocycles. The molecule has 1 saturated heterocycles. The second kappa shape index (κ2) is 10.3. The van der Waals surface area contributed by atoms with Gasteiger partial charge in [-0.15, -0.1) is 0 Å². The van der Waals surface area contributed by atoms with Crippen LogP contribution in [0.15, 0.2) is 48.5 Å². The van der Waals surface area contributed by atoms with Crippen LogP contribution < -0.4 is 10.6 Å². The number of benzene rings is 2. The molecule has 0 radical (unpaired) electrons. The largest absolute Gasteiger partial charge is 0.352 e. The van der Waals surface area contributed by atoms with Gasteiger partial charge in [-0.25, -0.2) is 4.79 Å². The molecule has 1 heterocycles. The number of rotatable bonds is 6. The van der Waals surface area contributed by atoms with E-state index in [4.69, 9.17) is 11.6 Å². The Balaban J connectivity index is 1.40. The minimum atomic E-state index is -0.0964. The summed E-state index contributed by atoms with van der Waals surface area (Å²) in [6.45, 7) is 4.03. The second-order valence-electron chi connectivity index (χ2n) is 7.69. The predicted octanol–water partition coefficient (Wildman–Crippen LogP) is 4.99. The molecule has 1 atom stereocenters. The van der Waals surface area contributed by atoms with Crippen LogP contribution in [0.4, 0.5) is 10.5 Å². The van der Waals surface area contributed by atoms with Crippen molar-refractivity contribution in [2.24, 2.45) is 5.92 Å². The van der Waals surface area contributed by atoms with Crippen LogP contribution in [0.5, 0.6) is 0 Å². The molecule has 0 unspecified atom stereocenters. The third-order valence-electron chi connectivity index (χ3n) is 5.29. The van der Waals surface area contributed by atoms with E-state index in [0.29, 0.717) is 30.5 Å². The fourth-order valence-corrected chi connectivity index (χ4v) is 3.68. The van der Waals surface area contributed by atoms with Crippen molar-refractivity contribution in [3.05, 3.63) is 64.7 Å². The van der Waals surface area contributed by atoms with Gasteiger partial charge < -0.3 is 15.5 Å². The molecule has 2 N–H and O–H groups in total. The molecule has 154 valence electrons. The lowest BCUT2D eigenvalue weighted by atomic mass is 9.93. The van der Waals surface area contributed by atoms with Crippen molar-refractivity contribution in [3.8, 4) is 0 Å². The highest BCUT2D eigenvalue weighted by molar-refractivity contribution is 6.30. The first kappa shape index (κ1) is 21.2. The SMILES string of the molecule is Cc1ccc(CNC(=O)CC[C@@H]2CCCN(C(=O)Nc3ccc(Cl)cc3)C2)cc1. The summed E-state index contributed by atoms with van der Waals surface area (Å²) in [4.78, 5) is 26.6. The zero-order valence-electron chi connectivity index (χ0n) is 16.8. The normalized spacial score (nSPS) is 16.3. The Morgan fingerprint density at radius 3 is 2.55 bits per heavy atom. The molecular weight excluding hydrogens is 386 g/mol. The summed E-state index contributed by atoms with van der Waals surface area (Å²) in [5.74, 6) is 0.415. The van der Waals surface area contributed by atoms with E-state index in [1.807, 2.05) is 36.1 Å². The lowest BCUT2D eigenvalue weighted by Crippen LogP contribution is -2.42. The summed E-state index contributed by atoms with van der Waals surface area (Å²) in [5, 5.41) is 6.54. The molecule has 2 aromatic rings. The number of halogens is 1. The minimum Gasteiger partial charge on any atom is -0.352 e. The molecule has 0 spiro atoms. The van der Waals surface area contributed by atoms with Gasteiger partial charge in [-0.05, 0) is 61.9 Å². The number of amides is 3. The van der Waals surface area contributed by atoms with Crippen molar-refractivity contribution in [3.63, 3.8) is 0 Å². The topological polar surface area (TPSA) is 61.4 Å². The molecule has 5 nitrogen and oxygen atoms in total. The van der Waals surface area contributed by atoms with Crippen LogP contribution in [-0.2, 0) is 11.3 Å². The number of hydrogen-bond acceptors (Lipinski definition) is 2. The van der Waals surface area contributed by atoms with E-state index in [9.17, 15) is 9.59 Å². The average molecular weight is 414 g/mol. The van der Waals surface area contributed by atoms with E-state index in [2.05, 4.69) is 10.6 Å². The second-order valence-corrected chi connectivity index (χ2v) is 8.13. The lowest BCUT2D eigenvalue weighted by Gasteiger charge is -2.32. The summed E-state index contributed by atoms with van der Waals surface area (Å²) in [6, 6.07) is 15.2. The van der Waals surface area contributed by atoms with Gasteiger partial charge in [-0.3, -0.25) is 4.79 Å². The Kier molecular flexibility index (Phi) is 7.53. The van der Waals surface area contributed by atoms with Gasteiger partial charge in [-0.2, -0.15) is 0 Å². The van der Waals surface area contributed by atoms with Crippen LogP contribution in [0.25, 0.3) is 0 Å². The van der Waals surface area contributed by atoms with Gasteiger partial charge in [0.25, 0.3) is 0 Å². The average Bonchev–Trinajstić information content (AvgIpc) is 2.73. The van der Waals surface area contributed by atoms with E-state index in [1.54, 1.807) is 24.3 Å². The Bertz CT molecular complexity index is 821. The summed E-state index contributed by atoms with van der Waals surface area (Å²) < 4.78 is 0. The fourth-order valence-electron chi connectivity index (χ4n) is 3.55. The Hall–Kier alpha value is -2.53. The molecule has 0 saturated carbocycles. The van der Waals surface area contributed by atoms with Crippen molar-refractivity contribution >= 4 is 29.2 Å². The van der Waals surface area contributed by atoms with Crippen LogP contribution in [0, 0.1) is 12.8 Å². The van der Waals surface area contributed by atoms with Crippen LogP contribution in [0.2, 0.25) is 5.02 Å². The smallest absolute Gasteiger partial charge is 0.321 e. The van der Waals surface area contributed by atoms with Crippen LogP contribution in [-0.4, -0.2) is 29.9 Å². The third kappa shape index (κ3) is 6.79. The maximum absolute atomic E-state index is 12.5. The maximum atomic E-state index is 12.5. The zero-order valence-corrected chi connectivity index (χ0v) is 17.5. The van der Waals surface area contributed by atoms with E-state index < -0.39 is 0 Å². The Morgan fingerprint density at radius 1 is 1.10 bits per heavy atom. The van der Waals surface area contributed by atoms with Gasteiger partial charge in [0, 0.05) is 36.8 Å². The number of urea groups is 1. The molecule has 6 heteroatoms. The first-order chi connectivity index (χ1) is 14.0. The Labute approximate surface area is 177 Å². The lowest BCUT2D eigenvalue weighted by molar-refractivity contribution is -0.121. The molecule has 0 bridgehead atoms. The highest BCUT2D eigenvalue weighted by Gasteiger charge is 2.24. The van der Waals surface area contributed by atoms with Crippen molar-refractivity contribution in [1.29, 1.82) is 0 Å².